The summed E-state index contributed by atoms with van der Waals surface area (Å²) in [6.45, 7) is 9.62. The van der Waals surface area contributed by atoms with Crippen molar-refractivity contribution in [1.82, 2.24) is 0 Å². The molecule has 0 radical (unpaired) electrons. The highest BCUT2D eigenvalue weighted by atomic mass is 16.7. The van der Waals surface area contributed by atoms with Crippen LogP contribution in [0.4, 0.5) is 0 Å². The first-order chi connectivity index (χ1) is 17.9. The van der Waals surface area contributed by atoms with Crippen molar-refractivity contribution in [2.45, 2.75) is 136 Å². The van der Waals surface area contributed by atoms with Gasteiger partial charge >= 0.3 is 5.97 Å². The highest BCUT2D eigenvalue weighted by Gasteiger charge is 2.36. The van der Waals surface area contributed by atoms with Crippen molar-refractivity contribution in [3.8, 4) is 0 Å². The van der Waals surface area contributed by atoms with E-state index in [1.54, 1.807) is 0 Å². The van der Waals surface area contributed by atoms with Crippen LogP contribution in [0.5, 0.6) is 0 Å². The van der Waals surface area contributed by atoms with Crippen LogP contribution in [0.1, 0.15) is 124 Å². The SMILES string of the molecule is CCCCCCCC=CCC=CCCCCCCCC(=O)OC1COC(C2=C(C)C=CCC2(C)C)OC1. The second-order valence-electron chi connectivity index (χ2n) is 11.4. The molecule has 0 aromatic rings. The molecule has 1 heterocycles. The van der Waals surface area contributed by atoms with Crippen molar-refractivity contribution in [3.05, 3.63) is 47.6 Å². The van der Waals surface area contributed by atoms with E-state index in [1.807, 2.05) is 0 Å². The monoisotopic (exact) mass is 514 g/mol. The first-order valence-corrected chi connectivity index (χ1v) is 15.0. The van der Waals surface area contributed by atoms with Gasteiger partial charge in [-0.25, -0.2) is 0 Å². The molecule has 1 aliphatic heterocycles. The summed E-state index contributed by atoms with van der Waals surface area (Å²) in [6, 6.07) is 0. The normalized spacial score (nSPS) is 21.8. The van der Waals surface area contributed by atoms with Gasteiger partial charge in [0.25, 0.3) is 0 Å². The minimum atomic E-state index is -0.341. The summed E-state index contributed by atoms with van der Waals surface area (Å²) in [6.07, 6.45) is 30.2. The van der Waals surface area contributed by atoms with Gasteiger partial charge in [-0.2, -0.15) is 0 Å². The lowest BCUT2D eigenvalue weighted by Crippen LogP contribution is -2.42. The van der Waals surface area contributed by atoms with Crippen molar-refractivity contribution in [3.63, 3.8) is 0 Å². The van der Waals surface area contributed by atoms with Gasteiger partial charge in [-0.1, -0.05) is 102 Å². The predicted molar refractivity (Wildman–Crippen MR) is 154 cm³/mol. The molecule has 0 aromatic heterocycles. The Labute approximate surface area is 227 Å². The fraction of sp³-hybridized carbons (Fsp3) is 0.727. The van der Waals surface area contributed by atoms with E-state index in [-0.39, 0.29) is 23.8 Å². The average molecular weight is 515 g/mol. The van der Waals surface area contributed by atoms with Gasteiger partial charge in [0, 0.05) is 6.42 Å². The lowest BCUT2D eigenvalue weighted by atomic mass is 9.75. The Kier molecular flexibility index (Phi) is 15.8. The standard InChI is InChI=1S/C33H54O4/c1-5-6-7-8-9-10-11-12-13-14-15-16-17-18-19-20-21-24-30(34)37-29-26-35-32(36-27-29)31-28(2)23-22-25-33(31,3)4/h11-12,14-15,22-23,29,32H,5-10,13,16-21,24-27H2,1-4H3. The molecule has 0 aromatic carbocycles. The maximum Gasteiger partial charge on any atom is 0.306 e. The Morgan fingerprint density at radius 1 is 0.919 bits per heavy atom. The third-order valence-corrected chi connectivity index (χ3v) is 7.38. The van der Waals surface area contributed by atoms with Gasteiger partial charge in [0.2, 0.25) is 0 Å². The molecule has 1 aliphatic carbocycles. The number of carbonyl (C=O) groups is 1. The van der Waals surface area contributed by atoms with Gasteiger partial charge in [0.05, 0.1) is 13.2 Å². The molecule has 0 amide bonds. The van der Waals surface area contributed by atoms with Crippen molar-refractivity contribution in [1.29, 1.82) is 0 Å². The first kappa shape index (κ1) is 31.6. The molecular formula is C33H54O4. The fourth-order valence-corrected chi connectivity index (χ4v) is 5.17. The Bertz CT molecular complexity index is 750. The number of esters is 1. The molecule has 4 nitrogen and oxygen atoms in total. The molecule has 0 spiro atoms. The maximum absolute atomic E-state index is 12.2. The van der Waals surface area contributed by atoms with E-state index >= 15 is 0 Å². The molecule has 0 N–H and O–H groups in total. The molecule has 2 rings (SSSR count). The smallest absolute Gasteiger partial charge is 0.306 e. The largest absolute Gasteiger partial charge is 0.457 e. The highest BCUT2D eigenvalue weighted by Crippen LogP contribution is 2.40. The van der Waals surface area contributed by atoms with Crippen LogP contribution < -0.4 is 0 Å². The van der Waals surface area contributed by atoms with Crippen LogP contribution in [0, 0.1) is 5.41 Å². The Balaban J connectivity index is 1.43. The zero-order valence-electron chi connectivity index (χ0n) is 24.3. The van der Waals surface area contributed by atoms with Crippen LogP contribution in [0.3, 0.4) is 0 Å². The number of rotatable bonds is 18. The number of unbranched alkanes of at least 4 members (excludes halogenated alkanes) is 10. The Morgan fingerprint density at radius 3 is 2.14 bits per heavy atom. The van der Waals surface area contributed by atoms with E-state index in [0.29, 0.717) is 19.6 Å². The van der Waals surface area contributed by atoms with Crippen LogP contribution in [0.15, 0.2) is 47.6 Å². The summed E-state index contributed by atoms with van der Waals surface area (Å²) in [5, 5.41) is 0. The lowest BCUT2D eigenvalue weighted by Gasteiger charge is -2.39. The van der Waals surface area contributed by atoms with E-state index in [9.17, 15) is 4.79 Å². The fourth-order valence-electron chi connectivity index (χ4n) is 5.17. The van der Waals surface area contributed by atoms with Gasteiger partial charge < -0.3 is 14.2 Å². The average Bonchev–Trinajstić information content (AvgIpc) is 2.86. The van der Waals surface area contributed by atoms with E-state index in [4.69, 9.17) is 14.2 Å². The quantitative estimate of drug-likeness (QED) is 0.104. The predicted octanol–water partition coefficient (Wildman–Crippen LogP) is 9.17. The van der Waals surface area contributed by atoms with Crippen LogP contribution in [0.2, 0.25) is 0 Å². The highest BCUT2D eigenvalue weighted by molar-refractivity contribution is 5.69. The molecule has 0 unspecified atom stereocenters. The second-order valence-corrected chi connectivity index (χ2v) is 11.4. The Hall–Kier alpha value is -1.65. The lowest BCUT2D eigenvalue weighted by molar-refractivity contribution is -0.215. The summed E-state index contributed by atoms with van der Waals surface area (Å²) in [7, 11) is 0. The summed E-state index contributed by atoms with van der Waals surface area (Å²) >= 11 is 0. The van der Waals surface area contributed by atoms with Crippen molar-refractivity contribution in [2.24, 2.45) is 5.41 Å². The minimum absolute atomic E-state index is 0.0214. The van der Waals surface area contributed by atoms with Crippen molar-refractivity contribution >= 4 is 5.97 Å². The molecule has 37 heavy (non-hydrogen) atoms. The molecule has 4 heteroatoms. The molecule has 0 saturated carbocycles. The number of ether oxygens (including phenoxy) is 3. The van der Waals surface area contributed by atoms with Crippen LogP contribution in [0.25, 0.3) is 0 Å². The Morgan fingerprint density at radius 2 is 1.51 bits per heavy atom. The third kappa shape index (κ3) is 13.1. The number of hydrogen-bond donors (Lipinski definition) is 0. The zero-order valence-corrected chi connectivity index (χ0v) is 24.3. The first-order valence-electron chi connectivity index (χ1n) is 15.0. The van der Waals surface area contributed by atoms with Crippen molar-refractivity contribution in [2.75, 3.05) is 13.2 Å². The van der Waals surface area contributed by atoms with Gasteiger partial charge in [0.1, 0.15) is 6.10 Å². The third-order valence-electron chi connectivity index (χ3n) is 7.38. The van der Waals surface area contributed by atoms with Gasteiger partial charge in [-0.05, 0) is 68.4 Å². The molecule has 0 bridgehead atoms. The second kappa shape index (κ2) is 18.6. The maximum atomic E-state index is 12.2. The molecule has 1 fully saturated rings. The molecule has 210 valence electrons. The van der Waals surface area contributed by atoms with Gasteiger partial charge in [-0.15, -0.1) is 0 Å². The molecule has 1 saturated heterocycles. The van der Waals surface area contributed by atoms with Crippen molar-refractivity contribution < 1.29 is 19.0 Å². The van der Waals surface area contributed by atoms with Crippen LogP contribution in [-0.2, 0) is 19.0 Å². The van der Waals surface area contributed by atoms with Crippen LogP contribution in [-0.4, -0.2) is 31.6 Å². The van der Waals surface area contributed by atoms with E-state index < -0.39 is 0 Å². The summed E-state index contributed by atoms with van der Waals surface area (Å²) in [5.74, 6) is -0.135. The number of allylic oxidation sites excluding steroid dienone is 7. The summed E-state index contributed by atoms with van der Waals surface area (Å²) < 4.78 is 17.6. The molecule has 0 atom stereocenters. The minimum Gasteiger partial charge on any atom is -0.457 e. The van der Waals surface area contributed by atoms with Crippen LogP contribution >= 0.6 is 0 Å². The molecular weight excluding hydrogens is 460 g/mol. The molecule has 2 aliphatic rings. The number of carbonyl (C=O) groups excluding carboxylic acids is 1. The zero-order chi connectivity index (χ0) is 26.8. The summed E-state index contributed by atoms with van der Waals surface area (Å²) in [4.78, 5) is 12.2. The topological polar surface area (TPSA) is 44.8 Å². The van der Waals surface area contributed by atoms with Gasteiger partial charge in [-0.3, -0.25) is 4.79 Å². The number of hydrogen-bond acceptors (Lipinski definition) is 4. The van der Waals surface area contributed by atoms with E-state index in [0.717, 1.165) is 32.1 Å². The summed E-state index contributed by atoms with van der Waals surface area (Å²) in [5.41, 5.74) is 2.44. The van der Waals surface area contributed by atoms with Gasteiger partial charge in [0.15, 0.2) is 6.29 Å². The van der Waals surface area contributed by atoms with E-state index in [2.05, 4.69) is 64.2 Å². The van der Waals surface area contributed by atoms with E-state index in [1.165, 1.54) is 68.9 Å².